The normalized spacial score (nSPS) is 13.9. The van der Waals surface area contributed by atoms with Crippen molar-refractivity contribution in [3.63, 3.8) is 0 Å². The topological polar surface area (TPSA) is 21.3 Å². The molecular formula is C5H15NOSi. The smallest absolute Gasteiger partial charge is 0.251 e. The molecule has 0 saturated heterocycles. The van der Waals surface area contributed by atoms with Gasteiger partial charge in [-0.25, -0.2) is 0 Å². The van der Waals surface area contributed by atoms with E-state index in [-0.39, 0.29) is 0 Å². The monoisotopic (exact) mass is 133 g/mol. The molecule has 0 spiro atoms. The second kappa shape index (κ2) is 5.28. The van der Waals surface area contributed by atoms with E-state index in [9.17, 15) is 0 Å². The van der Waals surface area contributed by atoms with Gasteiger partial charge in [-0.1, -0.05) is 13.8 Å². The van der Waals surface area contributed by atoms with Crippen LogP contribution in [0.3, 0.4) is 0 Å². The Bertz CT molecular complexity index is 47.7. The molecule has 0 bridgehead atoms. The van der Waals surface area contributed by atoms with Crippen LogP contribution in [0, 0.1) is 0 Å². The third-order valence-electron chi connectivity index (χ3n) is 1.09. The van der Waals surface area contributed by atoms with Crippen molar-refractivity contribution in [2.75, 3.05) is 13.7 Å². The minimum absolute atomic E-state index is 0.942. The van der Waals surface area contributed by atoms with Gasteiger partial charge in [0.1, 0.15) is 0 Å². The van der Waals surface area contributed by atoms with Crippen molar-refractivity contribution in [3.05, 3.63) is 0 Å². The molecule has 0 aliphatic carbocycles. The van der Waals surface area contributed by atoms with E-state index in [1.54, 1.807) is 7.11 Å². The highest BCUT2D eigenvalue weighted by atomic mass is 28.3. The summed E-state index contributed by atoms with van der Waals surface area (Å²) in [6.07, 6.45) is 0. The van der Waals surface area contributed by atoms with Crippen molar-refractivity contribution < 1.29 is 4.43 Å². The second-order valence-corrected chi connectivity index (χ2v) is 4.36. The van der Waals surface area contributed by atoms with Crippen LogP contribution >= 0.6 is 0 Å². The first-order valence-corrected chi connectivity index (χ1v) is 4.97. The van der Waals surface area contributed by atoms with Crippen LogP contribution in [0.4, 0.5) is 0 Å². The Balaban J connectivity index is 3.07. The average molecular weight is 133 g/mol. The van der Waals surface area contributed by atoms with Crippen LogP contribution in [-0.4, -0.2) is 22.9 Å². The maximum absolute atomic E-state index is 5.17. The lowest BCUT2D eigenvalue weighted by atomic mass is 10.8. The van der Waals surface area contributed by atoms with Gasteiger partial charge in [-0.3, -0.25) is 0 Å². The molecule has 0 heterocycles. The first-order chi connectivity index (χ1) is 3.85. The van der Waals surface area contributed by atoms with Crippen LogP contribution in [0.5, 0.6) is 0 Å². The molecule has 8 heavy (non-hydrogen) atoms. The van der Waals surface area contributed by atoms with Crippen molar-refractivity contribution in [3.8, 4) is 0 Å². The van der Waals surface area contributed by atoms with Gasteiger partial charge in [0.15, 0.2) is 0 Å². The Labute approximate surface area is 53.0 Å². The summed E-state index contributed by atoms with van der Waals surface area (Å²) in [6, 6.07) is 1.17. The first kappa shape index (κ1) is 8.14. The largest absolute Gasteiger partial charge is 0.409 e. The van der Waals surface area contributed by atoms with Crippen LogP contribution in [0.2, 0.25) is 6.04 Å². The molecule has 0 aromatic heterocycles. The summed E-state index contributed by atoms with van der Waals surface area (Å²) in [4.78, 5) is 3.30. The highest BCUT2D eigenvalue weighted by Crippen LogP contribution is 1.84. The van der Waals surface area contributed by atoms with E-state index in [0.29, 0.717) is 0 Å². The van der Waals surface area contributed by atoms with E-state index in [2.05, 4.69) is 18.8 Å². The van der Waals surface area contributed by atoms with E-state index >= 15 is 0 Å². The Morgan fingerprint density at radius 1 is 1.50 bits per heavy atom. The third kappa shape index (κ3) is 3.18. The van der Waals surface area contributed by atoms with Crippen molar-refractivity contribution in [2.24, 2.45) is 0 Å². The lowest BCUT2D eigenvalue weighted by Crippen LogP contribution is -2.34. The molecule has 0 radical (unpaired) electrons. The van der Waals surface area contributed by atoms with E-state index in [1.807, 2.05) is 0 Å². The molecule has 2 nitrogen and oxygen atoms in total. The summed E-state index contributed by atoms with van der Waals surface area (Å²) in [6.45, 7) is 5.30. The molecule has 1 unspecified atom stereocenters. The average Bonchev–Trinajstić information content (AvgIpc) is 1.83. The van der Waals surface area contributed by atoms with E-state index < -0.39 is 9.20 Å². The summed E-state index contributed by atoms with van der Waals surface area (Å²) < 4.78 is 5.17. The molecule has 0 amide bonds. The Kier molecular flexibility index (Phi) is 5.37. The fraction of sp³-hybridized carbons (Fsp3) is 1.00. The fourth-order valence-corrected chi connectivity index (χ4v) is 1.87. The maximum atomic E-state index is 5.17. The van der Waals surface area contributed by atoms with E-state index in [1.165, 1.54) is 6.04 Å². The highest BCUT2D eigenvalue weighted by Gasteiger charge is 2.01. The molecule has 0 fully saturated rings. The predicted molar refractivity (Wildman–Crippen MR) is 38.3 cm³/mol. The predicted octanol–water partition coefficient (Wildman–Crippen LogP) is 0.483. The van der Waals surface area contributed by atoms with Crippen LogP contribution in [-0.2, 0) is 4.43 Å². The fourth-order valence-electron chi connectivity index (χ4n) is 0.622. The molecule has 1 atom stereocenters. The van der Waals surface area contributed by atoms with Crippen LogP contribution < -0.4 is 4.98 Å². The molecule has 0 aromatic carbocycles. The molecule has 0 aliphatic heterocycles. The van der Waals surface area contributed by atoms with Gasteiger partial charge in [0, 0.05) is 7.11 Å². The van der Waals surface area contributed by atoms with Gasteiger partial charge in [0.25, 0.3) is 9.20 Å². The summed E-state index contributed by atoms with van der Waals surface area (Å²) >= 11 is 0. The molecule has 3 heteroatoms. The van der Waals surface area contributed by atoms with Gasteiger partial charge in [-0.2, -0.15) is 0 Å². The third-order valence-corrected chi connectivity index (χ3v) is 3.26. The number of rotatable bonds is 4. The van der Waals surface area contributed by atoms with Crippen molar-refractivity contribution in [1.82, 2.24) is 4.98 Å². The van der Waals surface area contributed by atoms with Crippen LogP contribution in [0.25, 0.3) is 0 Å². The molecule has 0 aromatic rings. The lowest BCUT2D eigenvalue weighted by molar-refractivity contribution is 0.408. The summed E-state index contributed by atoms with van der Waals surface area (Å²) in [5, 5.41) is 0. The van der Waals surface area contributed by atoms with Gasteiger partial charge in [-0.15, -0.1) is 0 Å². The summed E-state index contributed by atoms with van der Waals surface area (Å²) in [5.41, 5.74) is 0. The number of nitrogens with one attached hydrogen (secondary N) is 1. The number of hydrogen-bond acceptors (Lipinski definition) is 2. The zero-order valence-electron chi connectivity index (χ0n) is 5.90. The molecule has 1 N–H and O–H groups in total. The minimum atomic E-state index is -0.942. The van der Waals surface area contributed by atoms with Gasteiger partial charge in [0.2, 0.25) is 0 Å². The summed E-state index contributed by atoms with van der Waals surface area (Å²) in [5.74, 6) is 0. The SMILES string of the molecule is CCN[SiH](CC)OC. The molecule has 0 saturated carbocycles. The molecule has 0 aliphatic rings. The van der Waals surface area contributed by atoms with Crippen molar-refractivity contribution >= 4 is 9.20 Å². The van der Waals surface area contributed by atoms with Gasteiger partial charge in [-0.05, 0) is 12.6 Å². The van der Waals surface area contributed by atoms with Crippen LogP contribution in [0.1, 0.15) is 13.8 Å². The Morgan fingerprint density at radius 2 is 2.12 bits per heavy atom. The standard InChI is InChI=1S/C5H15NOSi/c1-4-6-8(5-2)7-3/h6,8H,4-5H2,1-3H3. The number of hydrogen-bond donors (Lipinski definition) is 1. The molecule has 0 rings (SSSR count). The maximum Gasteiger partial charge on any atom is 0.251 e. The quantitative estimate of drug-likeness (QED) is 0.563. The zero-order chi connectivity index (χ0) is 6.41. The van der Waals surface area contributed by atoms with Gasteiger partial charge >= 0.3 is 0 Å². The van der Waals surface area contributed by atoms with Gasteiger partial charge in [0.05, 0.1) is 0 Å². The molecule has 50 valence electrons. The second-order valence-electron chi connectivity index (χ2n) is 1.69. The van der Waals surface area contributed by atoms with Crippen molar-refractivity contribution in [2.45, 2.75) is 19.9 Å². The van der Waals surface area contributed by atoms with Gasteiger partial charge < -0.3 is 9.41 Å². The highest BCUT2D eigenvalue weighted by molar-refractivity contribution is 6.48. The Hall–Kier alpha value is 0.137. The molecular weight excluding hydrogens is 118 g/mol. The lowest BCUT2D eigenvalue weighted by Gasteiger charge is -2.09. The van der Waals surface area contributed by atoms with Crippen LogP contribution in [0.15, 0.2) is 0 Å². The van der Waals surface area contributed by atoms with Crippen molar-refractivity contribution in [1.29, 1.82) is 0 Å². The first-order valence-electron chi connectivity index (χ1n) is 3.11. The summed E-state index contributed by atoms with van der Waals surface area (Å²) in [7, 11) is 0.839. The minimum Gasteiger partial charge on any atom is -0.409 e. The van der Waals surface area contributed by atoms with E-state index in [4.69, 9.17) is 4.43 Å². The zero-order valence-corrected chi connectivity index (χ0v) is 7.05. The Morgan fingerprint density at radius 3 is 2.25 bits per heavy atom. The van der Waals surface area contributed by atoms with E-state index in [0.717, 1.165) is 6.54 Å².